The Morgan fingerprint density at radius 1 is 1.17 bits per heavy atom. The van der Waals surface area contributed by atoms with Crippen LogP contribution < -0.4 is 0 Å². The van der Waals surface area contributed by atoms with E-state index in [2.05, 4.69) is 15.0 Å². The minimum atomic E-state index is -0.883. The molecule has 4 nitrogen and oxygen atoms in total. The van der Waals surface area contributed by atoms with Crippen molar-refractivity contribution in [2.75, 3.05) is 0 Å². The second-order valence-electron chi connectivity index (χ2n) is 5.31. The van der Waals surface area contributed by atoms with Gasteiger partial charge in [0.2, 0.25) is 0 Å². The van der Waals surface area contributed by atoms with Crippen LogP contribution in [0.2, 0.25) is 0 Å². The van der Waals surface area contributed by atoms with Gasteiger partial charge in [0.25, 0.3) is 0 Å². The number of aromatic nitrogens is 3. The maximum atomic E-state index is 14.4. The summed E-state index contributed by atoms with van der Waals surface area (Å²) in [4.78, 5) is 13.7. The minimum absolute atomic E-state index is 0.359. The van der Waals surface area contributed by atoms with Gasteiger partial charge in [0.1, 0.15) is 23.3 Å². The lowest BCUT2D eigenvalue weighted by Gasteiger charge is -2.11. The maximum Gasteiger partial charge on any atom is 0.132 e. The summed E-state index contributed by atoms with van der Waals surface area (Å²) in [5, 5.41) is 12.8. The fraction of sp³-hybridized carbons (Fsp3) is 0.118. The molecule has 24 heavy (non-hydrogen) atoms. The van der Waals surface area contributed by atoms with Gasteiger partial charge in [-0.25, -0.2) is 19.3 Å². The predicted molar refractivity (Wildman–Crippen MR) is 93.7 cm³/mol. The number of nitrogens with zero attached hydrogens (tertiary/aromatic N) is 3. The molecule has 1 atom stereocenters. The standard InChI is InChI=1S/C17H12FN3OS2/c1-9-6-13-16(24-9)14(21-8-20-13)11-7-10(2-3-12(11)18)15(22)17-19-4-5-23-17/h2-8,15,22H,1H3. The van der Waals surface area contributed by atoms with Crippen LogP contribution in [-0.2, 0) is 0 Å². The van der Waals surface area contributed by atoms with Crippen LogP contribution in [0.1, 0.15) is 21.6 Å². The smallest absolute Gasteiger partial charge is 0.132 e. The highest BCUT2D eigenvalue weighted by Gasteiger charge is 2.18. The summed E-state index contributed by atoms with van der Waals surface area (Å²) in [5.74, 6) is -0.379. The van der Waals surface area contributed by atoms with Crippen molar-refractivity contribution in [2.45, 2.75) is 13.0 Å². The number of fused-ring (bicyclic) bond motifs is 1. The van der Waals surface area contributed by atoms with E-state index in [0.29, 0.717) is 21.8 Å². The number of hydrogen-bond donors (Lipinski definition) is 1. The molecule has 0 saturated carbocycles. The van der Waals surface area contributed by atoms with Crippen LogP contribution in [0.25, 0.3) is 21.5 Å². The fourth-order valence-corrected chi connectivity index (χ4v) is 4.19. The van der Waals surface area contributed by atoms with E-state index < -0.39 is 6.10 Å². The molecule has 3 heterocycles. The van der Waals surface area contributed by atoms with Gasteiger partial charge in [-0.05, 0) is 30.7 Å². The van der Waals surface area contributed by atoms with Crippen molar-refractivity contribution in [3.8, 4) is 11.3 Å². The molecular weight excluding hydrogens is 345 g/mol. The number of thiophene rings is 1. The Balaban J connectivity index is 1.87. The minimum Gasteiger partial charge on any atom is -0.381 e. The second-order valence-corrected chi connectivity index (χ2v) is 7.49. The fourth-order valence-electron chi connectivity index (χ4n) is 2.57. The van der Waals surface area contributed by atoms with Gasteiger partial charge in [-0.1, -0.05) is 6.07 Å². The molecule has 120 valence electrons. The zero-order chi connectivity index (χ0) is 16.7. The summed E-state index contributed by atoms with van der Waals surface area (Å²) in [6, 6.07) is 6.52. The van der Waals surface area contributed by atoms with Crippen LogP contribution in [0.5, 0.6) is 0 Å². The summed E-state index contributed by atoms with van der Waals surface area (Å²) in [6.45, 7) is 1.98. The Morgan fingerprint density at radius 2 is 2.04 bits per heavy atom. The number of thiazole rings is 1. The largest absolute Gasteiger partial charge is 0.381 e. The number of halogens is 1. The van der Waals surface area contributed by atoms with E-state index >= 15 is 0 Å². The molecule has 1 N–H and O–H groups in total. The highest BCUT2D eigenvalue weighted by atomic mass is 32.1. The predicted octanol–water partition coefficient (Wildman–Crippen LogP) is 4.34. The van der Waals surface area contributed by atoms with Crippen LogP contribution in [0, 0.1) is 12.7 Å². The molecule has 4 rings (SSSR count). The summed E-state index contributed by atoms with van der Waals surface area (Å²) < 4.78 is 15.3. The van der Waals surface area contributed by atoms with E-state index in [1.165, 1.54) is 35.1 Å². The number of benzene rings is 1. The average Bonchev–Trinajstić information content (AvgIpc) is 3.22. The molecule has 0 saturated heterocycles. The number of aliphatic hydroxyl groups is 1. The molecule has 3 aromatic heterocycles. The van der Waals surface area contributed by atoms with Crippen LogP contribution in [0.15, 0.2) is 42.2 Å². The number of aliphatic hydroxyl groups excluding tert-OH is 1. The van der Waals surface area contributed by atoms with E-state index in [-0.39, 0.29) is 5.82 Å². The van der Waals surface area contributed by atoms with Gasteiger partial charge in [0.05, 0.1) is 15.9 Å². The Hall–Kier alpha value is -2.22. The van der Waals surface area contributed by atoms with Crippen molar-refractivity contribution in [3.63, 3.8) is 0 Å². The monoisotopic (exact) mass is 357 g/mol. The van der Waals surface area contributed by atoms with Crippen LogP contribution >= 0.6 is 22.7 Å². The number of rotatable bonds is 3. The SMILES string of the molecule is Cc1cc2ncnc(-c3cc(C(O)c4nccs4)ccc3F)c2s1. The Labute approximate surface area is 145 Å². The lowest BCUT2D eigenvalue weighted by atomic mass is 10.0. The van der Waals surface area contributed by atoms with Gasteiger partial charge in [-0.15, -0.1) is 22.7 Å². The molecule has 1 unspecified atom stereocenters. The van der Waals surface area contributed by atoms with E-state index in [4.69, 9.17) is 0 Å². The Morgan fingerprint density at radius 3 is 2.83 bits per heavy atom. The Bertz CT molecular complexity index is 1010. The normalized spacial score (nSPS) is 12.6. The van der Waals surface area contributed by atoms with E-state index in [1.54, 1.807) is 23.7 Å². The van der Waals surface area contributed by atoms with Gasteiger partial charge < -0.3 is 5.11 Å². The molecule has 0 spiro atoms. The van der Waals surface area contributed by atoms with Crippen LogP contribution in [-0.4, -0.2) is 20.1 Å². The van der Waals surface area contributed by atoms with Gasteiger partial charge in [-0.2, -0.15) is 0 Å². The van der Waals surface area contributed by atoms with Crippen molar-refractivity contribution in [3.05, 3.63) is 63.4 Å². The lowest BCUT2D eigenvalue weighted by Crippen LogP contribution is -2.00. The quantitative estimate of drug-likeness (QED) is 0.592. The third kappa shape index (κ3) is 2.60. The van der Waals surface area contributed by atoms with Gasteiger partial charge >= 0.3 is 0 Å². The van der Waals surface area contributed by atoms with E-state index in [1.807, 2.05) is 13.0 Å². The van der Waals surface area contributed by atoms with Crippen molar-refractivity contribution >= 4 is 32.9 Å². The van der Waals surface area contributed by atoms with E-state index in [9.17, 15) is 9.50 Å². The molecule has 4 aromatic rings. The summed E-state index contributed by atoms with van der Waals surface area (Å²) in [7, 11) is 0. The molecule has 0 fully saturated rings. The first kappa shape index (κ1) is 15.3. The molecular formula is C17H12FN3OS2. The first-order chi connectivity index (χ1) is 11.6. The van der Waals surface area contributed by atoms with Crippen LogP contribution in [0.3, 0.4) is 0 Å². The zero-order valence-corrected chi connectivity index (χ0v) is 14.2. The summed E-state index contributed by atoms with van der Waals surface area (Å²) in [5.41, 5.74) is 2.29. The van der Waals surface area contributed by atoms with Crippen molar-refractivity contribution in [2.24, 2.45) is 0 Å². The van der Waals surface area contributed by atoms with Crippen molar-refractivity contribution in [1.82, 2.24) is 15.0 Å². The topological polar surface area (TPSA) is 58.9 Å². The molecule has 0 aliphatic carbocycles. The molecule has 1 aromatic carbocycles. The maximum absolute atomic E-state index is 14.4. The number of aryl methyl sites for hydroxylation is 1. The Kier molecular flexibility index (Phi) is 3.84. The van der Waals surface area contributed by atoms with Crippen LogP contribution in [0.4, 0.5) is 4.39 Å². The van der Waals surface area contributed by atoms with Gasteiger partial charge in [0, 0.05) is 22.0 Å². The highest BCUT2D eigenvalue weighted by Crippen LogP contribution is 2.35. The first-order valence-electron chi connectivity index (χ1n) is 7.22. The second kappa shape index (κ2) is 6.01. The third-order valence-electron chi connectivity index (χ3n) is 3.68. The zero-order valence-electron chi connectivity index (χ0n) is 12.6. The number of hydrogen-bond acceptors (Lipinski definition) is 6. The van der Waals surface area contributed by atoms with E-state index in [0.717, 1.165) is 15.1 Å². The van der Waals surface area contributed by atoms with Gasteiger partial charge in [0.15, 0.2) is 0 Å². The molecule has 0 amide bonds. The first-order valence-corrected chi connectivity index (χ1v) is 8.91. The molecule has 0 bridgehead atoms. The molecule has 7 heteroatoms. The lowest BCUT2D eigenvalue weighted by molar-refractivity contribution is 0.219. The third-order valence-corrected chi connectivity index (χ3v) is 5.56. The molecule has 0 aliphatic heterocycles. The summed E-state index contributed by atoms with van der Waals surface area (Å²) >= 11 is 2.89. The van der Waals surface area contributed by atoms with Crippen molar-refractivity contribution in [1.29, 1.82) is 0 Å². The average molecular weight is 357 g/mol. The molecule has 0 aliphatic rings. The summed E-state index contributed by atoms with van der Waals surface area (Å²) in [6.07, 6.45) is 2.19. The molecule has 0 radical (unpaired) electrons. The highest BCUT2D eigenvalue weighted by molar-refractivity contribution is 7.19. The van der Waals surface area contributed by atoms with Gasteiger partial charge in [-0.3, -0.25) is 0 Å². The van der Waals surface area contributed by atoms with Crippen molar-refractivity contribution < 1.29 is 9.50 Å².